The Morgan fingerprint density at radius 1 is 0.958 bits per heavy atom. The molecule has 1 aliphatic carbocycles. The molecule has 0 saturated carbocycles. The number of carbonyl (C=O) groups is 2. The van der Waals surface area contributed by atoms with Crippen LogP contribution in [0.25, 0.3) is 0 Å². The van der Waals surface area contributed by atoms with E-state index in [4.69, 9.17) is 0 Å². The zero-order valence-electron chi connectivity index (χ0n) is 13.8. The minimum atomic E-state index is -0.155. The van der Waals surface area contributed by atoms with Crippen LogP contribution in [0.3, 0.4) is 0 Å². The average molecular weight is 320 g/mol. The van der Waals surface area contributed by atoms with Crippen molar-refractivity contribution in [3.63, 3.8) is 0 Å². The molecule has 0 spiro atoms. The molecule has 122 valence electrons. The van der Waals surface area contributed by atoms with Crippen molar-refractivity contribution < 1.29 is 9.59 Å². The Morgan fingerprint density at radius 3 is 2.42 bits per heavy atom. The zero-order valence-corrected chi connectivity index (χ0v) is 13.8. The van der Waals surface area contributed by atoms with Crippen LogP contribution in [0.15, 0.2) is 59.8 Å². The van der Waals surface area contributed by atoms with E-state index in [1.165, 1.54) is 0 Å². The second-order valence-corrected chi connectivity index (χ2v) is 6.06. The lowest BCUT2D eigenvalue weighted by Gasteiger charge is -2.10. The average Bonchev–Trinajstić information content (AvgIpc) is 2.87. The number of benzene rings is 2. The molecule has 1 amide bonds. The normalized spacial score (nSPS) is 14.0. The summed E-state index contributed by atoms with van der Waals surface area (Å²) in [4.78, 5) is 24.0. The second-order valence-electron chi connectivity index (χ2n) is 6.06. The highest BCUT2D eigenvalue weighted by Gasteiger charge is 2.19. The highest BCUT2D eigenvalue weighted by molar-refractivity contribution is 6.05. The monoisotopic (exact) mass is 320 g/mol. The third kappa shape index (κ3) is 3.54. The summed E-state index contributed by atoms with van der Waals surface area (Å²) in [6.07, 6.45) is 1.28. The summed E-state index contributed by atoms with van der Waals surface area (Å²) < 4.78 is 0. The van der Waals surface area contributed by atoms with Gasteiger partial charge in [-0.1, -0.05) is 18.2 Å². The van der Waals surface area contributed by atoms with E-state index in [0.717, 1.165) is 34.6 Å². The third-order valence-corrected chi connectivity index (χ3v) is 4.17. The fraction of sp³-hybridized carbons (Fsp3) is 0.200. The van der Waals surface area contributed by atoms with Crippen LogP contribution in [-0.2, 0) is 4.79 Å². The molecule has 0 unspecified atom stereocenters. The number of carbonyl (C=O) groups excluding carboxylic acids is 2. The lowest BCUT2D eigenvalue weighted by molar-refractivity contribution is -0.114. The number of amides is 1. The number of Topliss-reactive ketones (excluding diaryl/α,β-unsaturated/α-hetero) is 1. The van der Waals surface area contributed by atoms with Gasteiger partial charge in [0, 0.05) is 34.6 Å². The number of nitrogens with one attached hydrogen (secondary N) is 2. The molecule has 24 heavy (non-hydrogen) atoms. The van der Waals surface area contributed by atoms with E-state index >= 15 is 0 Å². The van der Waals surface area contributed by atoms with Gasteiger partial charge in [-0.05, 0) is 56.2 Å². The van der Waals surface area contributed by atoms with Gasteiger partial charge in [0.2, 0.25) is 0 Å². The first-order valence-electron chi connectivity index (χ1n) is 8.01. The van der Waals surface area contributed by atoms with Gasteiger partial charge in [0.05, 0.1) is 0 Å². The number of rotatable bonds is 4. The van der Waals surface area contributed by atoms with Crippen LogP contribution in [0.4, 0.5) is 11.4 Å². The molecule has 0 aliphatic heterocycles. The molecule has 1 aliphatic rings. The Hall–Kier alpha value is -2.88. The van der Waals surface area contributed by atoms with Gasteiger partial charge >= 0.3 is 0 Å². The van der Waals surface area contributed by atoms with Crippen molar-refractivity contribution in [1.29, 1.82) is 0 Å². The van der Waals surface area contributed by atoms with E-state index in [1.807, 2.05) is 50.2 Å². The van der Waals surface area contributed by atoms with Crippen molar-refractivity contribution in [3.05, 3.63) is 70.9 Å². The van der Waals surface area contributed by atoms with Crippen molar-refractivity contribution in [2.75, 3.05) is 10.6 Å². The number of aryl methyl sites for hydroxylation is 1. The Kier molecular flexibility index (Phi) is 4.47. The van der Waals surface area contributed by atoms with Crippen molar-refractivity contribution in [2.24, 2.45) is 0 Å². The lowest BCUT2D eigenvalue weighted by atomic mass is 10.1. The van der Waals surface area contributed by atoms with Crippen LogP contribution in [0.2, 0.25) is 0 Å². The van der Waals surface area contributed by atoms with Gasteiger partial charge in [0.1, 0.15) is 0 Å². The van der Waals surface area contributed by atoms with Crippen molar-refractivity contribution in [3.8, 4) is 0 Å². The van der Waals surface area contributed by atoms with E-state index in [0.29, 0.717) is 12.0 Å². The first-order valence-corrected chi connectivity index (χ1v) is 8.01. The molecule has 0 atom stereocenters. The topological polar surface area (TPSA) is 58.2 Å². The number of hydrogen-bond donors (Lipinski definition) is 2. The van der Waals surface area contributed by atoms with Crippen LogP contribution in [0.5, 0.6) is 0 Å². The van der Waals surface area contributed by atoms with E-state index in [1.54, 1.807) is 12.1 Å². The van der Waals surface area contributed by atoms with Gasteiger partial charge in [-0.2, -0.15) is 0 Å². The van der Waals surface area contributed by atoms with Crippen LogP contribution in [0.1, 0.15) is 35.7 Å². The van der Waals surface area contributed by atoms with E-state index in [-0.39, 0.29) is 11.7 Å². The smallest absolute Gasteiger partial charge is 0.255 e. The minimum Gasteiger partial charge on any atom is -0.359 e. The van der Waals surface area contributed by atoms with Crippen molar-refractivity contribution >= 4 is 23.1 Å². The summed E-state index contributed by atoms with van der Waals surface area (Å²) in [5, 5.41) is 6.17. The second kappa shape index (κ2) is 6.71. The fourth-order valence-electron chi connectivity index (χ4n) is 2.78. The van der Waals surface area contributed by atoms with Gasteiger partial charge in [-0.15, -0.1) is 0 Å². The highest BCUT2D eigenvalue weighted by atomic mass is 16.1. The van der Waals surface area contributed by atoms with Crippen LogP contribution < -0.4 is 10.6 Å². The van der Waals surface area contributed by atoms with Gasteiger partial charge in [-0.25, -0.2) is 0 Å². The van der Waals surface area contributed by atoms with Crippen LogP contribution >= 0.6 is 0 Å². The molecule has 0 saturated heterocycles. The summed E-state index contributed by atoms with van der Waals surface area (Å²) in [5.74, 6) is 0.0308. The molecule has 0 heterocycles. The number of allylic oxidation sites excluding steroid dienone is 2. The number of ketones is 1. The Balaban J connectivity index is 1.75. The predicted octanol–water partition coefficient (Wildman–Crippen LogP) is 4.30. The predicted molar refractivity (Wildman–Crippen MR) is 96.1 cm³/mol. The van der Waals surface area contributed by atoms with E-state index < -0.39 is 0 Å². The van der Waals surface area contributed by atoms with Gasteiger partial charge in [0.15, 0.2) is 5.78 Å². The molecular weight excluding hydrogens is 300 g/mol. The van der Waals surface area contributed by atoms with Crippen molar-refractivity contribution in [1.82, 2.24) is 0 Å². The molecule has 3 rings (SSSR count). The molecule has 2 aromatic carbocycles. The maximum Gasteiger partial charge on any atom is 0.255 e. The quantitative estimate of drug-likeness (QED) is 0.883. The molecule has 0 fully saturated rings. The number of hydrogen-bond acceptors (Lipinski definition) is 3. The highest BCUT2D eigenvalue weighted by Crippen LogP contribution is 2.25. The van der Waals surface area contributed by atoms with E-state index in [9.17, 15) is 9.59 Å². The van der Waals surface area contributed by atoms with Gasteiger partial charge < -0.3 is 10.6 Å². The molecule has 0 radical (unpaired) electrons. The summed E-state index contributed by atoms with van der Waals surface area (Å²) in [7, 11) is 0. The molecule has 4 nitrogen and oxygen atoms in total. The largest absolute Gasteiger partial charge is 0.359 e. The molecule has 4 heteroatoms. The zero-order chi connectivity index (χ0) is 17.1. The molecule has 2 aromatic rings. The standard InChI is InChI=1S/C20H20N2O2/c1-13-5-3-7-16(11-13)22-20(24)15-6-4-8-17(12-15)21-18-9-10-19(23)14(18)2/h3-8,11-12,21H,9-10H2,1-2H3,(H,22,24). The molecule has 2 N–H and O–H groups in total. The van der Waals surface area contributed by atoms with Crippen molar-refractivity contribution in [2.45, 2.75) is 26.7 Å². The third-order valence-electron chi connectivity index (χ3n) is 4.17. The molecular formula is C20H20N2O2. The maximum atomic E-state index is 12.4. The summed E-state index contributed by atoms with van der Waals surface area (Å²) in [5.41, 5.74) is 4.98. The van der Waals surface area contributed by atoms with Crippen LogP contribution in [0, 0.1) is 6.92 Å². The molecule has 0 aromatic heterocycles. The Morgan fingerprint density at radius 2 is 1.71 bits per heavy atom. The van der Waals surface area contributed by atoms with Crippen LogP contribution in [-0.4, -0.2) is 11.7 Å². The first kappa shape index (κ1) is 16.0. The van der Waals surface area contributed by atoms with Gasteiger partial charge in [0.25, 0.3) is 5.91 Å². The lowest BCUT2D eigenvalue weighted by Crippen LogP contribution is -2.12. The number of anilines is 2. The summed E-state index contributed by atoms with van der Waals surface area (Å²) in [6.45, 7) is 3.82. The minimum absolute atomic E-state index is 0.155. The SMILES string of the molecule is CC1=C(Nc2cccc(C(=O)Nc3cccc(C)c3)c2)CCC1=O. The first-order chi connectivity index (χ1) is 11.5. The Labute approximate surface area is 141 Å². The fourth-order valence-corrected chi connectivity index (χ4v) is 2.78. The Bertz CT molecular complexity index is 837. The van der Waals surface area contributed by atoms with Gasteiger partial charge in [-0.3, -0.25) is 9.59 Å². The summed E-state index contributed by atoms with van der Waals surface area (Å²) in [6, 6.07) is 15.0. The van der Waals surface area contributed by atoms with E-state index in [2.05, 4.69) is 10.6 Å². The summed E-state index contributed by atoms with van der Waals surface area (Å²) >= 11 is 0. The maximum absolute atomic E-state index is 12.4. The molecule has 0 bridgehead atoms.